The smallest absolute Gasteiger partial charge is 0.282 e. The number of fused-ring (bicyclic) bond motifs is 1. The van der Waals surface area contributed by atoms with Crippen molar-refractivity contribution in [1.82, 2.24) is 15.1 Å². The maximum Gasteiger partial charge on any atom is 0.282 e. The lowest BCUT2D eigenvalue weighted by Gasteiger charge is -2.09. The number of nitrogens with zero attached hydrogens (tertiary/aromatic N) is 3. The molecular weight excluding hydrogens is 248 g/mol. The third-order valence-corrected chi connectivity index (χ3v) is 2.75. The first-order chi connectivity index (χ1) is 9.20. The molecule has 2 amide bonds. The van der Waals surface area contributed by atoms with Gasteiger partial charge in [0, 0.05) is 6.20 Å². The zero-order valence-electron chi connectivity index (χ0n) is 9.57. The van der Waals surface area contributed by atoms with E-state index in [0.29, 0.717) is 0 Å². The van der Waals surface area contributed by atoms with Crippen LogP contribution >= 0.6 is 0 Å². The van der Waals surface area contributed by atoms with Gasteiger partial charge in [-0.3, -0.25) is 14.9 Å². The summed E-state index contributed by atoms with van der Waals surface area (Å²) in [5.41, 5.74) is 0.718. The molecule has 94 valence electrons. The molecule has 0 unspecified atom stereocenters. The topological polar surface area (TPSA) is 96.6 Å². The van der Waals surface area contributed by atoms with Crippen molar-refractivity contribution in [3.63, 3.8) is 0 Å². The molecule has 0 atom stereocenters. The summed E-state index contributed by atoms with van der Waals surface area (Å²) in [6, 6.07) is 9.09. The number of aromatic nitrogens is 2. The van der Waals surface area contributed by atoms with Gasteiger partial charge in [-0.25, -0.2) is 4.68 Å². The number of rotatable bonds is 1. The lowest BCUT2D eigenvalue weighted by molar-refractivity contribution is -0.114. The number of imide groups is 1. The number of carbonyl (C=O) groups is 2. The van der Waals surface area contributed by atoms with Gasteiger partial charge in [-0.2, -0.15) is 5.10 Å². The van der Waals surface area contributed by atoms with E-state index in [1.165, 1.54) is 10.9 Å². The number of benzene rings is 1. The fourth-order valence-corrected chi connectivity index (χ4v) is 1.86. The van der Waals surface area contributed by atoms with E-state index in [-0.39, 0.29) is 17.0 Å². The lowest BCUT2D eigenvalue weighted by atomic mass is 10.1. The summed E-state index contributed by atoms with van der Waals surface area (Å²) in [5.74, 6) is -1.33. The molecule has 1 aliphatic rings. The molecular formula is C12H8N4O3. The molecule has 2 N–H and O–H groups in total. The van der Waals surface area contributed by atoms with Crippen molar-refractivity contribution >= 4 is 17.5 Å². The third-order valence-electron chi connectivity index (χ3n) is 2.75. The Balaban J connectivity index is 2.17. The van der Waals surface area contributed by atoms with Crippen LogP contribution in [0.3, 0.4) is 0 Å². The Kier molecular flexibility index (Phi) is 2.38. The summed E-state index contributed by atoms with van der Waals surface area (Å²) in [7, 11) is 0. The van der Waals surface area contributed by atoms with E-state index >= 15 is 0 Å². The molecule has 0 fully saturated rings. The van der Waals surface area contributed by atoms with Gasteiger partial charge in [-0.1, -0.05) is 23.4 Å². The van der Waals surface area contributed by atoms with Crippen LogP contribution in [0.25, 0.3) is 5.69 Å². The number of hydrogen-bond acceptors (Lipinski definition) is 5. The number of para-hydroxylation sites is 1. The standard InChI is InChI=1S/C12H8N4O3/c17-11-8-6-16(7-4-2-1-3-5-7)14-9(8)10(15-19)12(18)13-11/h1-6,19H,(H,13,17,18)/b15-10+. The number of hydrogen-bond donors (Lipinski definition) is 2. The summed E-state index contributed by atoms with van der Waals surface area (Å²) in [5, 5.41) is 17.9. The van der Waals surface area contributed by atoms with Crippen LogP contribution in [0.15, 0.2) is 41.7 Å². The van der Waals surface area contributed by atoms with Crippen molar-refractivity contribution in [3.05, 3.63) is 47.8 Å². The van der Waals surface area contributed by atoms with E-state index in [4.69, 9.17) is 5.21 Å². The largest absolute Gasteiger partial charge is 0.410 e. The first-order valence-corrected chi connectivity index (χ1v) is 5.44. The third kappa shape index (κ3) is 1.68. The number of amides is 2. The van der Waals surface area contributed by atoms with Crippen molar-refractivity contribution in [2.75, 3.05) is 0 Å². The van der Waals surface area contributed by atoms with E-state index in [1.54, 1.807) is 12.1 Å². The zero-order chi connectivity index (χ0) is 13.4. The lowest BCUT2D eigenvalue weighted by Crippen LogP contribution is -2.42. The molecule has 1 aromatic heterocycles. The van der Waals surface area contributed by atoms with Crippen LogP contribution in [0.5, 0.6) is 0 Å². The van der Waals surface area contributed by atoms with Crippen LogP contribution in [0, 0.1) is 0 Å². The minimum atomic E-state index is -0.765. The second kappa shape index (κ2) is 4.05. The van der Waals surface area contributed by atoms with E-state index in [2.05, 4.69) is 15.6 Å². The van der Waals surface area contributed by atoms with Gasteiger partial charge in [-0.15, -0.1) is 0 Å². The zero-order valence-corrected chi connectivity index (χ0v) is 9.57. The van der Waals surface area contributed by atoms with Crippen LogP contribution < -0.4 is 5.32 Å². The molecule has 0 saturated heterocycles. The predicted molar refractivity (Wildman–Crippen MR) is 64.4 cm³/mol. The molecule has 7 heteroatoms. The molecule has 1 aromatic carbocycles. The highest BCUT2D eigenvalue weighted by atomic mass is 16.4. The van der Waals surface area contributed by atoms with Crippen LogP contribution in [0.2, 0.25) is 0 Å². The normalized spacial score (nSPS) is 16.3. The van der Waals surface area contributed by atoms with Gasteiger partial charge in [0.15, 0.2) is 5.71 Å². The Morgan fingerprint density at radius 3 is 2.58 bits per heavy atom. The SMILES string of the molecule is O=C1NC(=O)c2cn(-c3ccccc3)nc2/C1=N\O. The molecule has 0 bridgehead atoms. The Bertz CT molecular complexity index is 703. The van der Waals surface area contributed by atoms with Gasteiger partial charge in [0.05, 0.1) is 11.3 Å². The van der Waals surface area contributed by atoms with E-state index in [0.717, 1.165) is 5.69 Å². The number of nitrogens with one attached hydrogen (secondary N) is 1. The average molecular weight is 256 g/mol. The van der Waals surface area contributed by atoms with E-state index < -0.39 is 11.8 Å². The first kappa shape index (κ1) is 11.1. The van der Waals surface area contributed by atoms with Crippen molar-refractivity contribution in [1.29, 1.82) is 0 Å². The predicted octanol–water partition coefficient (Wildman–Crippen LogP) is 0.321. The molecule has 19 heavy (non-hydrogen) atoms. The summed E-state index contributed by atoms with van der Waals surface area (Å²) in [6.45, 7) is 0. The van der Waals surface area contributed by atoms with Crippen molar-refractivity contribution in [2.24, 2.45) is 5.16 Å². The monoisotopic (exact) mass is 256 g/mol. The minimum Gasteiger partial charge on any atom is -0.410 e. The molecule has 2 heterocycles. The Morgan fingerprint density at radius 2 is 1.89 bits per heavy atom. The van der Waals surface area contributed by atoms with Crippen LogP contribution in [0.1, 0.15) is 16.1 Å². The average Bonchev–Trinajstić information content (AvgIpc) is 2.85. The van der Waals surface area contributed by atoms with Crippen molar-refractivity contribution in [2.45, 2.75) is 0 Å². The van der Waals surface area contributed by atoms with Gasteiger partial charge >= 0.3 is 0 Å². The van der Waals surface area contributed by atoms with E-state index in [9.17, 15) is 9.59 Å². The fourth-order valence-electron chi connectivity index (χ4n) is 1.86. The van der Waals surface area contributed by atoms with Crippen molar-refractivity contribution < 1.29 is 14.8 Å². The Hall–Kier alpha value is -2.96. The molecule has 3 rings (SSSR count). The Morgan fingerprint density at radius 1 is 1.16 bits per heavy atom. The van der Waals surface area contributed by atoms with Gasteiger partial charge in [0.25, 0.3) is 11.8 Å². The molecule has 0 saturated carbocycles. The van der Waals surface area contributed by atoms with Crippen LogP contribution in [0.4, 0.5) is 0 Å². The van der Waals surface area contributed by atoms with Crippen LogP contribution in [-0.4, -0.2) is 32.5 Å². The second-order valence-corrected chi connectivity index (χ2v) is 3.90. The summed E-state index contributed by atoms with van der Waals surface area (Å²) < 4.78 is 1.45. The molecule has 1 aliphatic heterocycles. The summed E-state index contributed by atoms with van der Waals surface area (Å²) >= 11 is 0. The second-order valence-electron chi connectivity index (χ2n) is 3.90. The molecule has 2 aromatic rings. The Labute approximate surface area is 107 Å². The first-order valence-electron chi connectivity index (χ1n) is 5.44. The molecule has 7 nitrogen and oxygen atoms in total. The minimum absolute atomic E-state index is 0.0695. The summed E-state index contributed by atoms with van der Waals surface area (Å²) in [4.78, 5) is 23.2. The van der Waals surface area contributed by atoms with Gasteiger partial charge in [0.1, 0.15) is 5.69 Å². The molecule has 0 aliphatic carbocycles. The maximum atomic E-state index is 11.7. The molecule has 0 spiro atoms. The molecule has 0 radical (unpaired) electrons. The quantitative estimate of drug-likeness (QED) is 0.436. The number of carbonyl (C=O) groups excluding carboxylic acids is 2. The maximum absolute atomic E-state index is 11.7. The van der Waals surface area contributed by atoms with E-state index in [1.807, 2.05) is 18.2 Å². The highest BCUT2D eigenvalue weighted by molar-refractivity contribution is 6.50. The van der Waals surface area contributed by atoms with Gasteiger partial charge in [-0.05, 0) is 12.1 Å². The fraction of sp³-hybridized carbons (Fsp3) is 0. The van der Waals surface area contributed by atoms with Gasteiger partial charge in [0.2, 0.25) is 0 Å². The number of oxime groups is 1. The van der Waals surface area contributed by atoms with Crippen molar-refractivity contribution in [3.8, 4) is 5.69 Å². The van der Waals surface area contributed by atoms with Gasteiger partial charge < -0.3 is 5.21 Å². The highest BCUT2D eigenvalue weighted by Crippen LogP contribution is 2.16. The van der Waals surface area contributed by atoms with Crippen LogP contribution in [-0.2, 0) is 4.79 Å². The highest BCUT2D eigenvalue weighted by Gasteiger charge is 2.32. The summed E-state index contributed by atoms with van der Waals surface area (Å²) in [6.07, 6.45) is 1.48.